The molecule has 1 aliphatic heterocycles. The van der Waals surface area contributed by atoms with Gasteiger partial charge in [-0.1, -0.05) is 0 Å². The minimum Gasteiger partial charge on any atom is -0.314 e. The standard InChI is InChI=1S/C12H23N5/c1-10(16(2)3)8-13-9-12-15-14-11-6-4-5-7-17(11)12/h10,13H,4-9H2,1-3H3. The highest BCUT2D eigenvalue weighted by atomic mass is 15.3. The van der Waals surface area contributed by atoms with Crippen molar-refractivity contribution in [3.63, 3.8) is 0 Å². The van der Waals surface area contributed by atoms with Gasteiger partial charge < -0.3 is 14.8 Å². The van der Waals surface area contributed by atoms with Crippen LogP contribution in [0.2, 0.25) is 0 Å². The van der Waals surface area contributed by atoms with Gasteiger partial charge in [0.15, 0.2) is 0 Å². The van der Waals surface area contributed by atoms with Gasteiger partial charge in [-0.15, -0.1) is 10.2 Å². The van der Waals surface area contributed by atoms with E-state index in [2.05, 4.69) is 46.0 Å². The molecule has 1 N–H and O–H groups in total. The predicted octanol–water partition coefficient (Wildman–Crippen LogP) is 0.654. The van der Waals surface area contributed by atoms with Crippen LogP contribution in [0.4, 0.5) is 0 Å². The third-order valence-electron chi connectivity index (χ3n) is 3.54. The van der Waals surface area contributed by atoms with E-state index in [4.69, 9.17) is 0 Å². The van der Waals surface area contributed by atoms with Crippen LogP contribution in [0.15, 0.2) is 0 Å². The molecule has 0 amide bonds. The maximum absolute atomic E-state index is 4.28. The van der Waals surface area contributed by atoms with Gasteiger partial charge in [0.05, 0.1) is 6.54 Å². The Balaban J connectivity index is 1.85. The fourth-order valence-electron chi connectivity index (χ4n) is 2.07. The van der Waals surface area contributed by atoms with Gasteiger partial charge in [-0.05, 0) is 33.9 Å². The monoisotopic (exact) mass is 237 g/mol. The predicted molar refractivity (Wildman–Crippen MR) is 67.8 cm³/mol. The van der Waals surface area contributed by atoms with E-state index in [0.717, 1.165) is 37.7 Å². The Kier molecular flexibility index (Phi) is 4.12. The van der Waals surface area contributed by atoms with Crippen molar-refractivity contribution >= 4 is 0 Å². The molecule has 0 fully saturated rings. The summed E-state index contributed by atoms with van der Waals surface area (Å²) in [6, 6.07) is 0.541. The second-order valence-corrected chi connectivity index (χ2v) is 5.08. The summed E-state index contributed by atoms with van der Waals surface area (Å²) in [4.78, 5) is 2.21. The molecule has 0 saturated heterocycles. The van der Waals surface area contributed by atoms with Crippen LogP contribution in [0.3, 0.4) is 0 Å². The third kappa shape index (κ3) is 3.04. The number of likely N-dealkylation sites (N-methyl/N-ethyl adjacent to an activating group) is 1. The lowest BCUT2D eigenvalue weighted by molar-refractivity contribution is 0.301. The minimum absolute atomic E-state index is 0.541. The van der Waals surface area contributed by atoms with Crippen LogP contribution in [0, 0.1) is 0 Å². The van der Waals surface area contributed by atoms with Crippen LogP contribution < -0.4 is 5.32 Å². The van der Waals surface area contributed by atoms with Crippen molar-refractivity contribution in [2.24, 2.45) is 0 Å². The quantitative estimate of drug-likeness (QED) is 0.817. The highest BCUT2D eigenvalue weighted by Gasteiger charge is 2.15. The molecule has 1 atom stereocenters. The Morgan fingerprint density at radius 1 is 1.35 bits per heavy atom. The lowest BCUT2D eigenvalue weighted by atomic mass is 10.2. The number of nitrogens with zero attached hydrogens (tertiary/aromatic N) is 4. The number of aryl methyl sites for hydroxylation is 1. The largest absolute Gasteiger partial charge is 0.314 e. The van der Waals surface area contributed by atoms with E-state index in [9.17, 15) is 0 Å². The van der Waals surface area contributed by atoms with Crippen molar-refractivity contribution in [3.05, 3.63) is 11.6 Å². The van der Waals surface area contributed by atoms with E-state index in [1.165, 1.54) is 12.8 Å². The van der Waals surface area contributed by atoms with Crippen LogP contribution >= 0.6 is 0 Å². The zero-order chi connectivity index (χ0) is 12.3. The van der Waals surface area contributed by atoms with Gasteiger partial charge in [0.25, 0.3) is 0 Å². The summed E-state index contributed by atoms with van der Waals surface area (Å²) in [6.07, 6.45) is 3.59. The molecule has 5 heteroatoms. The Morgan fingerprint density at radius 2 is 2.18 bits per heavy atom. The number of rotatable bonds is 5. The van der Waals surface area contributed by atoms with Crippen molar-refractivity contribution in [2.45, 2.75) is 45.3 Å². The molecule has 17 heavy (non-hydrogen) atoms. The Morgan fingerprint density at radius 3 is 2.94 bits per heavy atom. The van der Waals surface area contributed by atoms with Gasteiger partial charge in [-0.2, -0.15) is 0 Å². The van der Waals surface area contributed by atoms with E-state index < -0.39 is 0 Å². The third-order valence-corrected chi connectivity index (χ3v) is 3.54. The maximum Gasteiger partial charge on any atom is 0.147 e. The van der Waals surface area contributed by atoms with Crippen LogP contribution in [0.5, 0.6) is 0 Å². The maximum atomic E-state index is 4.28. The Hall–Kier alpha value is -0.940. The molecule has 96 valence electrons. The molecule has 0 radical (unpaired) electrons. The summed E-state index contributed by atoms with van der Waals surface area (Å²) in [5.74, 6) is 2.25. The van der Waals surface area contributed by atoms with Gasteiger partial charge in [0, 0.05) is 25.6 Å². The summed E-state index contributed by atoms with van der Waals surface area (Å²) >= 11 is 0. The number of hydrogen-bond donors (Lipinski definition) is 1. The van der Waals surface area contributed by atoms with Crippen LogP contribution in [0.25, 0.3) is 0 Å². The molecule has 1 aromatic rings. The second-order valence-electron chi connectivity index (χ2n) is 5.08. The van der Waals surface area contributed by atoms with Gasteiger partial charge in [-0.25, -0.2) is 0 Å². The number of nitrogens with one attached hydrogen (secondary N) is 1. The van der Waals surface area contributed by atoms with Crippen LogP contribution in [-0.4, -0.2) is 46.3 Å². The van der Waals surface area contributed by atoms with Crippen molar-refractivity contribution in [1.29, 1.82) is 0 Å². The molecular formula is C12H23N5. The number of fused-ring (bicyclic) bond motifs is 1. The van der Waals surface area contributed by atoms with Gasteiger partial charge >= 0.3 is 0 Å². The average molecular weight is 237 g/mol. The first-order valence-electron chi connectivity index (χ1n) is 6.46. The molecule has 0 spiro atoms. The first-order valence-corrected chi connectivity index (χ1v) is 6.46. The fourth-order valence-corrected chi connectivity index (χ4v) is 2.07. The fraction of sp³-hybridized carbons (Fsp3) is 0.833. The first-order chi connectivity index (χ1) is 8.18. The molecule has 1 unspecified atom stereocenters. The number of hydrogen-bond acceptors (Lipinski definition) is 4. The topological polar surface area (TPSA) is 46.0 Å². The molecule has 0 aromatic carbocycles. The highest BCUT2D eigenvalue weighted by molar-refractivity contribution is 4.98. The molecule has 5 nitrogen and oxygen atoms in total. The van der Waals surface area contributed by atoms with Gasteiger partial charge in [0.1, 0.15) is 11.6 Å². The summed E-state index contributed by atoms with van der Waals surface area (Å²) in [5, 5.41) is 12.0. The summed E-state index contributed by atoms with van der Waals surface area (Å²) in [5.41, 5.74) is 0. The van der Waals surface area contributed by atoms with E-state index in [1.807, 2.05) is 0 Å². The zero-order valence-electron chi connectivity index (χ0n) is 11.1. The smallest absolute Gasteiger partial charge is 0.147 e. The summed E-state index contributed by atoms with van der Waals surface area (Å²) in [7, 11) is 4.20. The SMILES string of the molecule is CC(CNCc1nnc2n1CCCC2)N(C)C. The molecule has 0 bridgehead atoms. The van der Waals surface area contributed by atoms with E-state index in [1.54, 1.807) is 0 Å². The molecule has 1 aromatic heterocycles. The Labute approximate surface area is 103 Å². The van der Waals surface area contributed by atoms with Crippen molar-refractivity contribution in [2.75, 3.05) is 20.6 Å². The molecule has 2 rings (SSSR count). The lowest BCUT2D eigenvalue weighted by Crippen LogP contribution is -2.35. The zero-order valence-corrected chi connectivity index (χ0v) is 11.1. The van der Waals surface area contributed by atoms with Gasteiger partial charge in [-0.3, -0.25) is 0 Å². The minimum atomic E-state index is 0.541. The molecule has 1 aliphatic rings. The second kappa shape index (κ2) is 5.60. The lowest BCUT2D eigenvalue weighted by Gasteiger charge is -2.20. The van der Waals surface area contributed by atoms with Crippen molar-refractivity contribution in [3.8, 4) is 0 Å². The summed E-state index contributed by atoms with van der Waals surface area (Å²) < 4.78 is 2.27. The Bertz CT molecular complexity index is 358. The molecule has 0 aliphatic carbocycles. The molecule has 0 saturated carbocycles. The first kappa shape index (κ1) is 12.5. The van der Waals surface area contributed by atoms with Gasteiger partial charge in [0.2, 0.25) is 0 Å². The van der Waals surface area contributed by atoms with Crippen LogP contribution in [0.1, 0.15) is 31.4 Å². The number of aromatic nitrogens is 3. The van der Waals surface area contributed by atoms with Crippen LogP contribution in [-0.2, 0) is 19.5 Å². The van der Waals surface area contributed by atoms with E-state index in [-0.39, 0.29) is 0 Å². The van der Waals surface area contributed by atoms with Crippen molar-refractivity contribution < 1.29 is 0 Å². The van der Waals surface area contributed by atoms with E-state index in [0.29, 0.717) is 6.04 Å². The average Bonchev–Trinajstić information content (AvgIpc) is 2.72. The van der Waals surface area contributed by atoms with Crippen molar-refractivity contribution in [1.82, 2.24) is 25.0 Å². The summed E-state index contributed by atoms with van der Waals surface area (Å²) in [6.45, 7) is 5.11. The highest BCUT2D eigenvalue weighted by Crippen LogP contribution is 2.13. The molecular weight excluding hydrogens is 214 g/mol. The molecule has 2 heterocycles. The normalized spacial score (nSPS) is 17.2. The van der Waals surface area contributed by atoms with E-state index >= 15 is 0 Å².